The van der Waals surface area contributed by atoms with E-state index in [9.17, 15) is 28.5 Å². The number of hydrogen-bond acceptors (Lipinski definition) is 11. The van der Waals surface area contributed by atoms with Crippen LogP contribution in [0, 0.1) is 0 Å². The molecule has 1 saturated heterocycles. The lowest BCUT2D eigenvalue weighted by Gasteiger charge is -2.41. The molecular weight excluding hydrogens is 620 g/mol. The number of esters is 1. The Labute approximate surface area is 277 Å². The maximum absolute atomic E-state index is 12.5. The van der Waals surface area contributed by atoms with Gasteiger partial charge in [-0.3, -0.25) is 9.35 Å². The summed E-state index contributed by atoms with van der Waals surface area (Å²) in [6.07, 6.45) is 14.5. The van der Waals surface area contributed by atoms with Crippen molar-refractivity contribution < 1.29 is 56.2 Å². The molecule has 0 aromatic carbocycles. The Morgan fingerprint density at radius 1 is 0.804 bits per heavy atom. The highest BCUT2D eigenvalue weighted by atomic mass is 32.3. The van der Waals surface area contributed by atoms with Crippen LogP contribution in [0.1, 0.15) is 129 Å². The Morgan fingerprint density at radius 3 is 1.98 bits per heavy atom. The van der Waals surface area contributed by atoms with Crippen molar-refractivity contribution >= 4 is 16.4 Å². The summed E-state index contributed by atoms with van der Waals surface area (Å²) in [5.74, 6) is -0.415. The molecule has 46 heavy (non-hydrogen) atoms. The lowest BCUT2D eigenvalue weighted by molar-refractivity contribution is -0.301. The number of aliphatic hydroxyl groups is 3. The number of allylic oxidation sites excluding steroid dienone is 2. The van der Waals surface area contributed by atoms with Gasteiger partial charge < -0.3 is 34.3 Å². The third-order valence-corrected chi connectivity index (χ3v) is 8.35. The molecule has 1 heterocycles. The fraction of sp³-hybridized carbons (Fsp3) is 0.909. The Bertz CT molecular complexity index is 884. The molecule has 0 aromatic heterocycles. The third-order valence-electron chi connectivity index (χ3n) is 7.89. The standard InChI is InChI=1S/C33H62O12S/c1-3-5-7-9-10-11-12-13-14-15-16-17-19-21-23-41-25-27(43-29(35)22-20-18-8-6-4-2)26-42-33-31(37)32(45-46(38,39)40)30(36)28(24-34)44-33/h11-12,27-28,30-34,36-37H,3-10,13-26H2,1-2H3,(H,38,39,40)/b12-11-. The lowest BCUT2D eigenvalue weighted by atomic mass is 9.99. The molecule has 6 unspecified atom stereocenters. The highest BCUT2D eigenvalue weighted by Crippen LogP contribution is 2.26. The first-order chi connectivity index (χ1) is 22.1. The fourth-order valence-electron chi connectivity index (χ4n) is 5.19. The monoisotopic (exact) mass is 682 g/mol. The molecular formula is C33H62O12S. The number of unbranched alkanes of at least 4 members (excludes halogenated alkanes) is 14. The number of carbonyl (C=O) groups is 1. The number of aliphatic hydroxyl groups excluding tert-OH is 3. The second kappa shape index (κ2) is 26.8. The normalized spacial score (nSPS) is 22.8. The van der Waals surface area contributed by atoms with Crippen LogP contribution < -0.4 is 0 Å². The van der Waals surface area contributed by atoms with Crippen molar-refractivity contribution in [1.29, 1.82) is 0 Å². The molecule has 1 fully saturated rings. The van der Waals surface area contributed by atoms with E-state index in [-0.39, 0.29) is 19.6 Å². The van der Waals surface area contributed by atoms with Gasteiger partial charge in [-0.25, -0.2) is 4.18 Å². The first-order valence-electron chi connectivity index (χ1n) is 17.4. The lowest BCUT2D eigenvalue weighted by Crippen LogP contribution is -2.60. The predicted octanol–water partition coefficient (Wildman–Crippen LogP) is 5.18. The predicted molar refractivity (Wildman–Crippen MR) is 174 cm³/mol. The van der Waals surface area contributed by atoms with Crippen LogP contribution in [0.3, 0.4) is 0 Å². The van der Waals surface area contributed by atoms with Crippen molar-refractivity contribution in [2.45, 2.75) is 166 Å². The SMILES string of the molecule is CCCCCC/C=C\CCCCCCCCOCC(COC1OC(CO)C(O)C(OS(=O)(=O)O)C1O)OC(=O)CCCCCCC. The second-order valence-corrected chi connectivity index (χ2v) is 13.2. The molecule has 0 radical (unpaired) electrons. The van der Waals surface area contributed by atoms with Gasteiger partial charge in [0.15, 0.2) is 6.29 Å². The summed E-state index contributed by atoms with van der Waals surface area (Å²) in [6, 6.07) is 0. The van der Waals surface area contributed by atoms with Gasteiger partial charge in [0.05, 0.1) is 19.8 Å². The molecule has 13 heteroatoms. The van der Waals surface area contributed by atoms with Crippen LogP contribution in [0.2, 0.25) is 0 Å². The van der Waals surface area contributed by atoms with Gasteiger partial charge >= 0.3 is 16.4 Å². The summed E-state index contributed by atoms with van der Waals surface area (Å²) in [7, 11) is -5.05. The van der Waals surface area contributed by atoms with E-state index in [1.807, 2.05) is 0 Å². The van der Waals surface area contributed by atoms with Crippen LogP contribution >= 0.6 is 0 Å². The third kappa shape index (κ3) is 20.9. The van der Waals surface area contributed by atoms with Crippen molar-refractivity contribution in [1.82, 2.24) is 0 Å². The largest absolute Gasteiger partial charge is 0.457 e. The Hall–Kier alpha value is -1.16. The van der Waals surface area contributed by atoms with Gasteiger partial charge in [-0.15, -0.1) is 0 Å². The molecule has 1 aliphatic heterocycles. The summed E-state index contributed by atoms with van der Waals surface area (Å²) >= 11 is 0. The van der Waals surface area contributed by atoms with E-state index in [2.05, 4.69) is 30.2 Å². The molecule has 272 valence electrons. The zero-order chi connectivity index (χ0) is 34.0. The Morgan fingerprint density at radius 2 is 1.37 bits per heavy atom. The van der Waals surface area contributed by atoms with Gasteiger partial charge in [0, 0.05) is 13.0 Å². The summed E-state index contributed by atoms with van der Waals surface area (Å²) in [4.78, 5) is 12.5. The van der Waals surface area contributed by atoms with E-state index >= 15 is 0 Å². The maximum atomic E-state index is 12.5. The van der Waals surface area contributed by atoms with Crippen molar-refractivity contribution in [3.8, 4) is 0 Å². The molecule has 1 aliphatic rings. The minimum Gasteiger partial charge on any atom is -0.457 e. The van der Waals surface area contributed by atoms with Crippen molar-refractivity contribution in [2.24, 2.45) is 0 Å². The average Bonchev–Trinajstić information content (AvgIpc) is 3.01. The van der Waals surface area contributed by atoms with Crippen molar-refractivity contribution in [2.75, 3.05) is 26.4 Å². The van der Waals surface area contributed by atoms with E-state index in [1.54, 1.807) is 0 Å². The smallest absolute Gasteiger partial charge is 0.397 e. The van der Waals surface area contributed by atoms with Gasteiger partial charge in [-0.05, 0) is 38.5 Å². The number of carbonyl (C=O) groups excluding carboxylic acids is 1. The first kappa shape index (κ1) is 42.9. The molecule has 0 aromatic rings. The molecule has 4 N–H and O–H groups in total. The minimum atomic E-state index is -5.05. The number of ether oxygens (including phenoxy) is 4. The van der Waals surface area contributed by atoms with E-state index in [0.29, 0.717) is 13.0 Å². The summed E-state index contributed by atoms with van der Waals surface area (Å²) in [5.41, 5.74) is 0. The molecule has 6 atom stereocenters. The highest BCUT2D eigenvalue weighted by Gasteiger charge is 2.48. The van der Waals surface area contributed by atoms with Crippen LogP contribution in [-0.2, 0) is 38.3 Å². The van der Waals surface area contributed by atoms with Gasteiger partial charge in [0.2, 0.25) is 0 Å². The summed E-state index contributed by atoms with van der Waals surface area (Å²) < 4.78 is 58.3. The first-order valence-corrected chi connectivity index (χ1v) is 18.8. The number of hydrogen-bond donors (Lipinski definition) is 4. The Kier molecular flexibility index (Phi) is 24.9. The fourth-order valence-corrected chi connectivity index (χ4v) is 5.70. The number of rotatable bonds is 29. The van der Waals surface area contributed by atoms with Crippen molar-refractivity contribution in [3.05, 3.63) is 12.2 Å². The molecule has 0 saturated carbocycles. The van der Waals surface area contributed by atoms with Gasteiger partial charge in [-0.1, -0.05) is 96.6 Å². The highest BCUT2D eigenvalue weighted by molar-refractivity contribution is 7.80. The molecule has 0 aliphatic carbocycles. The van der Waals surface area contributed by atoms with Crippen LogP contribution in [-0.4, -0.2) is 97.5 Å². The van der Waals surface area contributed by atoms with Crippen LogP contribution in [0.15, 0.2) is 12.2 Å². The topological polar surface area (TPSA) is 178 Å². The Balaban J connectivity index is 2.48. The van der Waals surface area contributed by atoms with Gasteiger partial charge in [-0.2, -0.15) is 8.42 Å². The molecule has 1 rings (SSSR count). The van der Waals surface area contributed by atoms with E-state index < -0.39 is 59.8 Å². The van der Waals surface area contributed by atoms with E-state index in [0.717, 1.165) is 51.4 Å². The minimum absolute atomic E-state index is 0.0339. The van der Waals surface area contributed by atoms with Crippen LogP contribution in [0.25, 0.3) is 0 Å². The van der Waals surface area contributed by atoms with Crippen molar-refractivity contribution in [3.63, 3.8) is 0 Å². The summed E-state index contributed by atoms with van der Waals surface area (Å²) in [6.45, 7) is 3.83. The average molecular weight is 683 g/mol. The van der Waals surface area contributed by atoms with E-state index in [4.69, 9.17) is 23.5 Å². The maximum Gasteiger partial charge on any atom is 0.397 e. The zero-order valence-electron chi connectivity index (χ0n) is 28.1. The van der Waals surface area contributed by atoms with Crippen LogP contribution in [0.4, 0.5) is 0 Å². The molecule has 12 nitrogen and oxygen atoms in total. The summed E-state index contributed by atoms with van der Waals surface area (Å²) in [5, 5.41) is 30.3. The molecule has 0 spiro atoms. The van der Waals surface area contributed by atoms with Gasteiger partial charge in [0.1, 0.15) is 30.5 Å². The van der Waals surface area contributed by atoms with Gasteiger partial charge in [0.25, 0.3) is 0 Å². The molecule has 0 amide bonds. The zero-order valence-corrected chi connectivity index (χ0v) is 29.0. The van der Waals surface area contributed by atoms with E-state index in [1.165, 1.54) is 51.4 Å². The molecule has 0 bridgehead atoms. The second-order valence-electron chi connectivity index (χ2n) is 12.1. The quantitative estimate of drug-likeness (QED) is 0.0352. The van der Waals surface area contributed by atoms with Crippen LogP contribution in [0.5, 0.6) is 0 Å².